The fraction of sp³-hybridized carbons (Fsp3) is 0.0667. The Morgan fingerprint density at radius 2 is 1.75 bits per heavy atom. The first kappa shape index (κ1) is 13.6. The van der Waals surface area contributed by atoms with Crippen LogP contribution >= 0.6 is 34.8 Å². The highest BCUT2D eigenvalue weighted by Crippen LogP contribution is 2.31. The molecule has 1 aromatic heterocycles. The average Bonchev–Trinajstić information content (AvgIpc) is 2.40. The van der Waals surface area contributed by atoms with Crippen LogP contribution in [0, 0.1) is 6.92 Å². The molecule has 0 spiro atoms. The highest BCUT2D eigenvalue weighted by Gasteiger charge is 2.12. The summed E-state index contributed by atoms with van der Waals surface area (Å²) in [5, 5.41) is 2.32. The van der Waals surface area contributed by atoms with Crippen molar-refractivity contribution in [3.05, 3.63) is 57.2 Å². The van der Waals surface area contributed by atoms with E-state index < -0.39 is 0 Å². The molecule has 20 heavy (non-hydrogen) atoms. The minimum absolute atomic E-state index is 0.416. The van der Waals surface area contributed by atoms with E-state index in [-0.39, 0.29) is 0 Å². The minimum atomic E-state index is 0.416. The van der Waals surface area contributed by atoms with Crippen LogP contribution in [0.3, 0.4) is 0 Å². The van der Waals surface area contributed by atoms with Gasteiger partial charge in [-0.1, -0.05) is 46.9 Å². The normalized spacial score (nSPS) is 11.0. The summed E-state index contributed by atoms with van der Waals surface area (Å²) in [5.41, 5.74) is 2.58. The summed E-state index contributed by atoms with van der Waals surface area (Å²) in [6.07, 6.45) is 0. The van der Waals surface area contributed by atoms with Crippen molar-refractivity contribution in [1.82, 2.24) is 9.97 Å². The molecule has 0 aliphatic carbocycles. The maximum atomic E-state index is 6.25. The molecule has 0 radical (unpaired) electrons. The molecule has 0 saturated carbocycles. The first-order chi connectivity index (χ1) is 9.56. The van der Waals surface area contributed by atoms with E-state index in [0.717, 1.165) is 16.5 Å². The van der Waals surface area contributed by atoms with Crippen LogP contribution in [0.2, 0.25) is 15.2 Å². The molecule has 100 valence electrons. The number of hydrogen-bond donors (Lipinski definition) is 0. The molecule has 5 heteroatoms. The van der Waals surface area contributed by atoms with Gasteiger partial charge in [0.1, 0.15) is 5.15 Å². The van der Waals surface area contributed by atoms with Gasteiger partial charge in [-0.3, -0.25) is 0 Å². The minimum Gasteiger partial charge on any atom is -0.228 e. The lowest BCUT2D eigenvalue weighted by Crippen LogP contribution is -1.94. The van der Waals surface area contributed by atoms with Crippen LogP contribution < -0.4 is 0 Å². The van der Waals surface area contributed by atoms with Crippen molar-refractivity contribution >= 4 is 45.7 Å². The Labute approximate surface area is 131 Å². The van der Waals surface area contributed by atoms with E-state index >= 15 is 0 Å². The number of nitrogens with zero attached hydrogens (tertiary/aromatic N) is 2. The number of fused-ring (bicyclic) bond motifs is 1. The van der Waals surface area contributed by atoms with E-state index in [1.54, 1.807) is 18.2 Å². The van der Waals surface area contributed by atoms with Gasteiger partial charge >= 0.3 is 0 Å². The van der Waals surface area contributed by atoms with Crippen LogP contribution in [0.1, 0.15) is 5.56 Å². The zero-order valence-corrected chi connectivity index (χ0v) is 12.8. The molecule has 1 heterocycles. The van der Waals surface area contributed by atoms with E-state index in [4.69, 9.17) is 34.8 Å². The first-order valence-corrected chi connectivity index (χ1v) is 7.08. The summed E-state index contributed by atoms with van der Waals surface area (Å²) >= 11 is 18.4. The topological polar surface area (TPSA) is 25.8 Å². The van der Waals surface area contributed by atoms with E-state index in [9.17, 15) is 0 Å². The van der Waals surface area contributed by atoms with Crippen LogP contribution in [0.25, 0.3) is 22.3 Å². The predicted molar refractivity (Wildman–Crippen MR) is 84.7 cm³/mol. The lowest BCUT2D eigenvalue weighted by Gasteiger charge is -2.08. The van der Waals surface area contributed by atoms with Crippen molar-refractivity contribution < 1.29 is 0 Å². The molecule has 0 aliphatic heterocycles. The fourth-order valence-electron chi connectivity index (χ4n) is 2.05. The van der Waals surface area contributed by atoms with Crippen molar-refractivity contribution in [2.75, 3.05) is 0 Å². The molecule has 3 aromatic rings. The lowest BCUT2D eigenvalue weighted by atomic mass is 10.1. The molecule has 0 fully saturated rings. The van der Waals surface area contributed by atoms with Gasteiger partial charge in [0.05, 0.1) is 10.5 Å². The van der Waals surface area contributed by atoms with Gasteiger partial charge in [0.2, 0.25) is 0 Å². The van der Waals surface area contributed by atoms with Crippen molar-refractivity contribution in [1.29, 1.82) is 0 Å². The van der Waals surface area contributed by atoms with Gasteiger partial charge < -0.3 is 0 Å². The Morgan fingerprint density at radius 3 is 2.50 bits per heavy atom. The Kier molecular flexibility index (Phi) is 3.55. The molecule has 0 atom stereocenters. The smallest absolute Gasteiger partial charge is 0.163 e. The Hall–Kier alpha value is -1.35. The third-order valence-electron chi connectivity index (χ3n) is 3.05. The standard InChI is InChI=1S/C15H9Cl3N2/c1-8-3-2-4-11-13(8)19-15(20-14(11)18)10-6-5-9(16)7-12(10)17/h2-7H,1H3. The summed E-state index contributed by atoms with van der Waals surface area (Å²) < 4.78 is 0. The Balaban J connectivity index is 2.29. The van der Waals surface area contributed by atoms with E-state index in [0.29, 0.717) is 26.6 Å². The molecule has 0 unspecified atom stereocenters. The monoisotopic (exact) mass is 322 g/mol. The number of hydrogen-bond acceptors (Lipinski definition) is 2. The van der Waals surface area contributed by atoms with E-state index in [1.807, 2.05) is 25.1 Å². The fourth-order valence-corrected chi connectivity index (χ4v) is 2.77. The average molecular weight is 324 g/mol. The molecule has 0 saturated heterocycles. The summed E-state index contributed by atoms with van der Waals surface area (Å²) in [6.45, 7) is 1.99. The zero-order chi connectivity index (χ0) is 14.3. The van der Waals surface area contributed by atoms with Crippen molar-refractivity contribution in [3.63, 3.8) is 0 Å². The molecule has 0 N–H and O–H groups in total. The molecule has 0 amide bonds. The molecule has 0 aliphatic rings. The summed E-state index contributed by atoms with van der Waals surface area (Å²) in [4.78, 5) is 8.90. The summed E-state index contributed by atoms with van der Waals surface area (Å²) in [5.74, 6) is 0.499. The van der Waals surface area contributed by atoms with Gasteiger partial charge in [-0.25, -0.2) is 9.97 Å². The Morgan fingerprint density at radius 1 is 0.950 bits per heavy atom. The third-order valence-corrected chi connectivity index (χ3v) is 3.89. The number of benzene rings is 2. The second kappa shape index (κ2) is 5.21. The van der Waals surface area contributed by atoms with Gasteiger partial charge in [-0.05, 0) is 36.8 Å². The van der Waals surface area contributed by atoms with Crippen LogP contribution in [0.4, 0.5) is 0 Å². The molecular formula is C15H9Cl3N2. The Bertz CT molecular complexity index is 816. The number of aromatic nitrogens is 2. The summed E-state index contributed by atoms with van der Waals surface area (Å²) in [7, 11) is 0. The van der Waals surface area contributed by atoms with Gasteiger partial charge in [0.25, 0.3) is 0 Å². The second-order valence-corrected chi connectivity index (χ2v) is 5.63. The molecule has 3 rings (SSSR count). The maximum Gasteiger partial charge on any atom is 0.163 e. The predicted octanol–water partition coefficient (Wildman–Crippen LogP) is 5.57. The molecule has 2 aromatic carbocycles. The number of aryl methyl sites for hydroxylation is 1. The van der Waals surface area contributed by atoms with Crippen LogP contribution in [0.15, 0.2) is 36.4 Å². The van der Waals surface area contributed by atoms with Crippen molar-refractivity contribution in [2.45, 2.75) is 6.92 Å². The van der Waals surface area contributed by atoms with Gasteiger partial charge in [0.15, 0.2) is 5.82 Å². The van der Waals surface area contributed by atoms with Gasteiger partial charge in [-0.2, -0.15) is 0 Å². The summed E-state index contributed by atoms with van der Waals surface area (Å²) in [6, 6.07) is 11.0. The molecule has 2 nitrogen and oxygen atoms in total. The highest BCUT2D eigenvalue weighted by molar-refractivity contribution is 6.36. The maximum absolute atomic E-state index is 6.25. The molecule has 0 bridgehead atoms. The largest absolute Gasteiger partial charge is 0.228 e. The number of rotatable bonds is 1. The first-order valence-electron chi connectivity index (χ1n) is 5.94. The highest BCUT2D eigenvalue weighted by atomic mass is 35.5. The van der Waals surface area contributed by atoms with Crippen molar-refractivity contribution in [2.24, 2.45) is 0 Å². The SMILES string of the molecule is Cc1cccc2c(Cl)nc(-c3ccc(Cl)cc3Cl)nc12. The quantitative estimate of drug-likeness (QED) is 0.547. The van der Waals surface area contributed by atoms with E-state index in [2.05, 4.69) is 9.97 Å². The molecular weight excluding hydrogens is 315 g/mol. The van der Waals surface area contributed by atoms with Gasteiger partial charge in [-0.15, -0.1) is 0 Å². The zero-order valence-electron chi connectivity index (χ0n) is 10.5. The third kappa shape index (κ3) is 2.35. The van der Waals surface area contributed by atoms with Crippen LogP contribution in [-0.2, 0) is 0 Å². The second-order valence-electron chi connectivity index (χ2n) is 4.43. The van der Waals surface area contributed by atoms with Crippen LogP contribution in [0.5, 0.6) is 0 Å². The van der Waals surface area contributed by atoms with E-state index in [1.165, 1.54) is 0 Å². The lowest BCUT2D eigenvalue weighted by molar-refractivity contribution is 1.22. The number of para-hydroxylation sites is 1. The van der Waals surface area contributed by atoms with Crippen molar-refractivity contribution in [3.8, 4) is 11.4 Å². The van der Waals surface area contributed by atoms with Crippen LogP contribution in [-0.4, -0.2) is 9.97 Å². The van der Waals surface area contributed by atoms with Gasteiger partial charge in [0, 0.05) is 16.0 Å². The number of halogens is 3.